The van der Waals surface area contributed by atoms with Gasteiger partial charge in [0.25, 0.3) is 0 Å². The van der Waals surface area contributed by atoms with Gasteiger partial charge in [0.05, 0.1) is 17.6 Å². The van der Waals surface area contributed by atoms with E-state index in [1.807, 2.05) is 29.1 Å². The van der Waals surface area contributed by atoms with E-state index >= 15 is 0 Å². The Labute approximate surface area is 189 Å². The van der Waals surface area contributed by atoms with Crippen LogP contribution in [-0.2, 0) is 12.8 Å². The first kappa shape index (κ1) is 21.6. The Morgan fingerprint density at radius 3 is 2.65 bits per heavy atom. The fraction of sp³-hybridized carbons (Fsp3) is 0.296. The van der Waals surface area contributed by atoms with Crippen LogP contribution < -0.4 is 0 Å². The molecule has 2 nitrogen and oxygen atoms in total. The fourth-order valence-electron chi connectivity index (χ4n) is 4.18. The van der Waals surface area contributed by atoms with E-state index in [-0.39, 0.29) is 11.2 Å². The molecule has 0 saturated heterocycles. The van der Waals surface area contributed by atoms with E-state index in [2.05, 4.69) is 36.8 Å². The van der Waals surface area contributed by atoms with Crippen LogP contribution in [0.25, 0.3) is 11.8 Å². The van der Waals surface area contributed by atoms with E-state index in [0.29, 0.717) is 0 Å². The molecule has 1 atom stereocenters. The quantitative estimate of drug-likeness (QED) is 0.334. The summed E-state index contributed by atoms with van der Waals surface area (Å²) >= 11 is 6.13. The molecule has 0 bridgehead atoms. The Kier molecular flexibility index (Phi) is 6.43. The Bertz CT molecular complexity index is 1100. The van der Waals surface area contributed by atoms with Crippen molar-refractivity contribution in [2.75, 3.05) is 0 Å². The minimum Gasteiger partial charge on any atom is -0.233 e. The van der Waals surface area contributed by atoms with Crippen LogP contribution in [0.15, 0.2) is 73.0 Å². The van der Waals surface area contributed by atoms with Crippen molar-refractivity contribution >= 4 is 17.7 Å². The lowest BCUT2D eigenvalue weighted by atomic mass is 9.78. The molecule has 0 aliphatic heterocycles. The van der Waals surface area contributed by atoms with Crippen molar-refractivity contribution in [1.29, 1.82) is 0 Å². The van der Waals surface area contributed by atoms with Gasteiger partial charge in [0.2, 0.25) is 0 Å². The minimum absolute atomic E-state index is 0.0701. The summed E-state index contributed by atoms with van der Waals surface area (Å²) in [6, 6.07) is 14.6. The number of halogens is 2. The molecule has 0 spiro atoms. The molecular weight excluding hydrogens is 407 g/mol. The first-order chi connectivity index (χ1) is 15.0. The predicted octanol–water partition coefficient (Wildman–Crippen LogP) is 7.60. The fourth-order valence-corrected chi connectivity index (χ4v) is 4.39. The predicted molar refractivity (Wildman–Crippen MR) is 127 cm³/mol. The summed E-state index contributed by atoms with van der Waals surface area (Å²) in [6.45, 7) is 6.42. The Morgan fingerprint density at radius 1 is 1.13 bits per heavy atom. The molecule has 4 heteroatoms. The van der Waals surface area contributed by atoms with Crippen LogP contribution in [0.5, 0.6) is 0 Å². The number of nitrogens with zero attached hydrogens (tertiary/aromatic N) is 2. The molecule has 4 rings (SSSR count). The van der Waals surface area contributed by atoms with E-state index in [4.69, 9.17) is 11.6 Å². The number of fused-ring (bicyclic) bond motifs is 1. The van der Waals surface area contributed by atoms with Crippen molar-refractivity contribution in [2.24, 2.45) is 5.41 Å². The lowest BCUT2D eigenvalue weighted by Crippen LogP contribution is -2.15. The van der Waals surface area contributed by atoms with Gasteiger partial charge in [-0.3, -0.25) is 0 Å². The van der Waals surface area contributed by atoms with Crippen LogP contribution in [0, 0.1) is 11.2 Å². The van der Waals surface area contributed by atoms with E-state index in [0.717, 1.165) is 54.9 Å². The topological polar surface area (TPSA) is 17.8 Å². The molecule has 0 radical (unpaired) electrons. The van der Waals surface area contributed by atoms with Gasteiger partial charge in [-0.2, -0.15) is 5.10 Å². The van der Waals surface area contributed by atoms with Crippen molar-refractivity contribution in [3.05, 3.63) is 101 Å². The maximum absolute atomic E-state index is 13.3. The second-order valence-electron chi connectivity index (χ2n) is 8.73. The summed E-state index contributed by atoms with van der Waals surface area (Å²) in [4.78, 5) is 0. The largest absolute Gasteiger partial charge is 0.233 e. The maximum atomic E-state index is 13.3. The van der Waals surface area contributed by atoms with Crippen LogP contribution in [0.4, 0.5) is 4.39 Å². The third kappa shape index (κ3) is 5.16. The molecule has 0 fully saturated rings. The molecule has 1 aromatic heterocycles. The highest BCUT2D eigenvalue weighted by Crippen LogP contribution is 2.35. The summed E-state index contributed by atoms with van der Waals surface area (Å²) in [5.41, 5.74) is 6.03. The second kappa shape index (κ2) is 9.23. The van der Waals surface area contributed by atoms with Crippen LogP contribution >= 0.6 is 11.6 Å². The lowest BCUT2D eigenvalue weighted by Gasteiger charge is -2.27. The van der Waals surface area contributed by atoms with E-state index in [9.17, 15) is 4.39 Å². The zero-order valence-electron chi connectivity index (χ0n) is 18.0. The zero-order valence-corrected chi connectivity index (χ0v) is 18.7. The molecule has 2 aromatic carbocycles. The van der Waals surface area contributed by atoms with Crippen LogP contribution in [0.1, 0.15) is 49.4 Å². The number of aromatic nitrogens is 2. The van der Waals surface area contributed by atoms with E-state index in [1.54, 1.807) is 12.1 Å². The number of aryl methyl sites for hydroxylation is 2. The van der Waals surface area contributed by atoms with Crippen molar-refractivity contribution in [3.63, 3.8) is 0 Å². The lowest BCUT2D eigenvalue weighted by molar-refractivity contribution is 0.360. The summed E-state index contributed by atoms with van der Waals surface area (Å²) in [5.74, 6) is -0.234. The van der Waals surface area contributed by atoms with Crippen molar-refractivity contribution in [2.45, 2.75) is 45.4 Å². The molecule has 0 unspecified atom stereocenters. The highest BCUT2D eigenvalue weighted by molar-refractivity contribution is 6.30. The van der Waals surface area contributed by atoms with Gasteiger partial charge in [-0.05, 0) is 97.5 Å². The summed E-state index contributed by atoms with van der Waals surface area (Å²) < 4.78 is 15.2. The van der Waals surface area contributed by atoms with E-state index < -0.39 is 0 Å². The molecule has 31 heavy (non-hydrogen) atoms. The highest BCUT2D eigenvalue weighted by atomic mass is 35.5. The number of rotatable bonds is 8. The third-order valence-corrected chi connectivity index (χ3v) is 6.63. The average Bonchev–Trinajstić information content (AvgIpc) is 3.20. The van der Waals surface area contributed by atoms with Crippen molar-refractivity contribution in [1.82, 2.24) is 9.78 Å². The summed E-state index contributed by atoms with van der Waals surface area (Å²) in [6.07, 6.45) is 12.5. The summed E-state index contributed by atoms with van der Waals surface area (Å²) in [7, 11) is 0. The monoisotopic (exact) mass is 434 g/mol. The molecule has 3 aromatic rings. The smallest absolute Gasteiger partial charge is 0.123 e. The first-order valence-electron chi connectivity index (χ1n) is 10.9. The van der Waals surface area contributed by atoms with Gasteiger partial charge in [0.1, 0.15) is 5.82 Å². The second-order valence-corrected chi connectivity index (χ2v) is 9.17. The van der Waals surface area contributed by atoms with Crippen LogP contribution in [0.3, 0.4) is 0 Å². The molecule has 1 aliphatic carbocycles. The molecule has 0 N–H and O–H groups in total. The maximum Gasteiger partial charge on any atom is 0.123 e. The van der Waals surface area contributed by atoms with E-state index in [1.165, 1.54) is 28.8 Å². The minimum atomic E-state index is -0.234. The average molecular weight is 435 g/mol. The number of hydrogen-bond acceptors (Lipinski definition) is 1. The van der Waals surface area contributed by atoms with Crippen LogP contribution in [0.2, 0.25) is 5.02 Å². The normalized spacial score (nSPS) is 15.1. The van der Waals surface area contributed by atoms with Gasteiger partial charge >= 0.3 is 0 Å². The van der Waals surface area contributed by atoms with Crippen LogP contribution in [-0.4, -0.2) is 9.78 Å². The van der Waals surface area contributed by atoms with Gasteiger partial charge in [0.15, 0.2) is 0 Å². The summed E-state index contributed by atoms with van der Waals surface area (Å²) in [5, 5.41) is 5.34. The Balaban J connectivity index is 1.45. The highest BCUT2D eigenvalue weighted by Gasteiger charge is 2.22. The Hall–Kier alpha value is -2.65. The molecule has 0 saturated carbocycles. The number of benzene rings is 2. The molecule has 160 valence electrons. The van der Waals surface area contributed by atoms with Gasteiger partial charge in [-0.15, -0.1) is 6.58 Å². The molecule has 1 heterocycles. The molecule has 0 amide bonds. The standard InChI is InChI=1S/C27H28ClFN2/c1-3-27(2,15-13-20-5-4-6-23(28)17-20)16-14-21-7-8-22-19-30-31(26(22)18-21)25-11-9-24(29)10-12-25/h3-6,9-12,17-19H,1,7-8,13-16H2,2H3/t27-/m1/s1. The van der Waals surface area contributed by atoms with Crippen molar-refractivity contribution < 1.29 is 4.39 Å². The molecular formula is C27H28ClFN2. The Morgan fingerprint density at radius 2 is 1.90 bits per heavy atom. The molecule has 1 aliphatic rings. The third-order valence-electron chi connectivity index (χ3n) is 6.40. The van der Waals surface area contributed by atoms with Gasteiger partial charge in [0, 0.05) is 5.02 Å². The van der Waals surface area contributed by atoms with Crippen molar-refractivity contribution in [3.8, 4) is 5.69 Å². The SMILES string of the molecule is C=C[C@@](C)(CCC1=Cc2c(cnn2-c2ccc(F)cc2)CC1)CCc1cccc(Cl)c1. The first-order valence-corrected chi connectivity index (χ1v) is 11.2. The zero-order chi connectivity index (χ0) is 21.8. The number of hydrogen-bond donors (Lipinski definition) is 0. The van der Waals surface area contributed by atoms with Gasteiger partial charge in [-0.1, -0.05) is 42.3 Å². The number of allylic oxidation sites excluding steroid dienone is 2. The van der Waals surface area contributed by atoms with Gasteiger partial charge < -0.3 is 0 Å². The van der Waals surface area contributed by atoms with Gasteiger partial charge in [-0.25, -0.2) is 9.07 Å².